The van der Waals surface area contributed by atoms with Crippen LogP contribution in [-0.2, 0) is 11.3 Å². The van der Waals surface area contributed by atoms with Gasteiger partial charge in [0.25, 0.3) is 0 Å². The molecule has 1 amide bonds. The van der Waals surface area contributed by atoms with E-state index in [0.29, 0.717) is 18.0 Å². The van der Waals surface area contributed by atoms with Gasteiger partial charge in [-0.2, -0.15) is 0 Å². The van der Waals surface area contributed by atoms with Gasteiger partial charge in [0.15, 0.2) is 0 Å². The van der Waals surface area contributed by atoms with Gasteiger partial charge in [-0.1, -0.05) is 41.4 Å². The van der Waals surface area contributed by atoms with Gasteiger partial charge in [-0.15, -0.1) is 11.8 Å². The molecule has 22 heavy (non-hydrogen) atoms. The minimum Gasteiger partial charge on any atom is -0.341 e. The summed E-state index contributed by atoms with van der Waals surface area (Å²) in [6.45, 7) is 2.69. The van der Waals surface area contributed by atoms with Crippen LogP contribution in [0.2, 0.25) is 5.02 Å². The number of thioether (sulfide) groups is 1. The van der Waals surface area contributed by atoms with Crippen LogP contribution in [0.5, 0.6) is 0 Å². The van der Waals surface area contributed by atoms with Gasteiger partial charge in [-0.3, -0.25) is 4.79 Å². The Labute approximate surface area is 141 Å². The van der Waals surface area contributed by atoms with Crippen molar-refractivity contribution in [2.45, 2.75) is 24.8 Å². The number of rotatable bonds is 6. The molecule has 116 valence electrons. The molecule has 0 saturated carbocycles. The molecule has 0 aliphatic rings. The van der Waals surface area contributed by atoms with Crippen molar-refractivity contribution in [2.24, 2.45) is 0 Å². The second-order valence-electron chi connectivity index (χ2n) is 5.29. The van der Waals surface area contributed by atoms with Crippen molar-refractivity contribution in [3.63, 3.8) is 0 Å². The summed E-state index contributed by atoms with van der Waals surface area (Å²) in [5.41, 5.74) is 2.34. The topological polar surface area (TPSA) is 20.3 Å². The second-order valence-corrected chi connectivity index (χ2v) is 6.89. The first-order chi connectivity index (χ1) is 10.5. The fourth-order valence-electron chi connectivity index (χ4n) is 2.03. The standard InChI is InChI=1S/C18H20ClNOS/c1-14-3-9-17(10-4-14)22-12-11-18(21)20(2)13-15-5-7-16(19)8-6-15/h3-10H,11-13H2,1-2H3. The highest BCUT2D eigenvalue weighted by atomic mass is 35.5. The quantitative estimate of drug-likeness (QED) is 0.708. The summed E-state index contributed by atoms with van der Waals surface area (Å²) >= 11 is 7.58. The van der Waals surface area contributed by atoms with E-state index in [1.807, 2.05) is 31.3 Å². The third-order valence-corrected chi connectivity index (χ3v) is 4.63. The largest absolute Gasteiger partial charge is 0.341 e. The van der Waals surface area contributed by atoms with Crippen LogP contribution in [0.15, 0.2) is 53.4 Å². The van der Waals surface area contributed by atoms with E-state index < -0.39 is 0 Å². The summed E-state index contributed by atoms with van der Waals surface area (Å²) in [4.78, 5) is 15.1. The normalized spacial score (nSPS) is 10.5. The number of aryl methyl sites for hydroxylation is 1. The zero-order chi connectivity index (χ0) is 15.9. The molecule has 0 atom stereocenters. The average Bonchev–Trinajstić information content (AvgIpc) is 2.51. The van der Waals surface area contributed by atoms with Crippen molar-refractivity contribution < 1.29 is 4.79 Å². The number of nitrogens with zero attached hydrogens (tertiary/aromatic N) is 1. The maximum atomic E-state index is 12.1. The number of amides is 1. The lowest BCUT2D eigenvalue weighted by Gasteiger charge is -2.17. The van der Waals surface area contributed by atoms with Crippen LogP contribution in [0.25, 0.3) is 0 Å². The van der Waals surface area contributed by atoms with Gasteiger partial charge >= 0.3 is 0 Å². The Morgan fingerprint density at radius 3 is 2.36 bits per heavy atom. The van der Waals surface area contributed by atoms with Gasteiger partial charge < -0.3 is 4.90 Å². The molecule has 2 rings (SSSR count). The number of carbonyl (C=O) groups excluding carboxylic acids is 1. The first-order valence-electron chi connectivity index (χ1n) is 7.22. The molecule has 0 fully saturated rings. The predicted octanol–water partition coefficient (Wildman–Crippen LogP) is 4.79. The van der Waals surface area contributed by atoms with Crippen molar-refractivity contribution in [3.05, 3.63) is 64.7 Å². The smallest absolute Gasteiger partial charge is 0.223 e. The minimum absolute atomic E-state index is 0.162. The van der Waals surface area contributed by atoms with Crippen LogP contribution < -0.4 is 0 Å². The fraction of sp³-hybridized carbons (Fsp3) is 0.278. The van der Waals surface area contributed by atoms with Gasteiger partial charge in [-0.25, -0.2) is 0 Å². The predicted molar refractivity (Wildman–Crippen MR) is 94.4 cm³/mol. The van der Waals surface area contributed by atoms with Gasteiger partial charge in [0.05, 0.1) is 0 Å². The Bertz CT molecular complexity index is 610. The second kappa shape index (κ2) is 8.25. The molecule has 0 heterocycles. The van der Waals surface area contributed by atoms with Crippen molar-refractivity contribution in [3.8, 4) is 0 Å². The Balaban J connectivity index is 1.76. The zero-order valence-corrected chi connectivity index (χ0v) is 14.5. The van der Waals surface area contributed by atoms with Crippen LogP contribution in [0.3, 0.4) is 0 Å². The summed E-state index contributed by atoms with van der Waals surface area (Å²) in [6, 6.07) is 16.0. The molecule has 0 aliphatic heterocycles. The molecule has 0 spiro atoms. The fourth-order valence-corrected chi connectivity index (χ4v) is 3.00. The molecule has 0 saturated heterocycles. The maximum absolute atomic E-state index is 12.1. The number of carbonyl (C=O) groups is 1. The van der Waals surface area contributed by atoms with E-state index in [2.05, 4.69) is 31.2 Å². The highest BCUT2D eigenvalue weighted by molar-refractivity contribution is 7.99. The van der Waals surface area contributed by atoms with E-state index in [1.165, 1.54) is 10.5 Å². The van der Waals surface area contributed by atoms with Crippen molar-refractivity contribution in [2.75, 3.05) is 12.8 Å². The van der Waals surface area contributed by atoms with Crippen molar-refractivity contribution >= 4 is 29.3 Å². The molecule has 4 heteroatoms. The lowest BCUT2D eigenvalue weighted by molar-refractivity contribution is -0.129. The van der Waals surface area contributed by atoms with Crippen LogP contribution in [0.4, 0.5) is 0 Å². The van der Waals surface area contributed by atoms with E-state index in [0.717, 1.165) is 11.3 Å². The Morgan fingerprint density at radius 1 is 1.09 bits per heavy atom. The number of hydrogen-bond acceptors (Lipinski definition) is 2. The third kappa shape index (κ3) is 5.39. The molecular formula is C18H20ClNOS. The highest BCUT2D eigenvalue weighted by Gasteiger charge is 2.09. The van der Waals surface area contributed by atoms with Crippen molar-refractivity contribution in [1.82, 2.24) is 4.90 Å². The minimum atomic E-state index is 0.162. The highest BCUT2D eigenvalue weighted by Crippen LogP contribution is 2.19. The average molecular weight is 334 g/mol. The van der Waals surface area contributed by atoms with Gasteiger partial charge in [-0.05, 0) is 36.8 Å². The molecule has 2 nitrogen and oxygen atoms in total. The van der Waals surface area contributed by atoms with Crippen LogP contribution in [-0.4, -0.2) is 23.6 Å². The molecule has 2 aromatic carbocycles. The Morgan fingerprint density at radius 2 is 1.73 bits per heavy atom. The Hall–Kier alpha value is -1.45. The summed E-state index contributed by atoms with van der Waals surface area (Å²) in [6.07, 6.45) is 0.544. The summed E-state index contributed by atoms with van der Waals surface area (Å²) in [5.74, 6) is 0.960. The monoisotopic (exact) mass is 333 g/mol. The molecule has 0 aliphatic carbocycles. The molecule has 0 unspecified atom stereocenters. The number of halogens is 1. The number of hydrogen-bond donors (Lipinski definition) is 0. The third-order valence-electron chi connectivity index (χ3n) is 3.36. The zero-order valence-electron chi connectivity index (χ0n) is 12.9. The first kappa shape index (κ1) is 16.9. The SMILES string of the molecule is Cc1ccc(SCCC(=O)N(C)Cc2ccc(Cl)cc2)cc1. The van der Waals surface area contributed by atoms with Gasteiger partial charge in [0.2, 0.25) is 5.91 Å². The molecule has 0 radical (unpaired) electrons. The summed E-state index contributed by atoms with van der Waals surface area (Å²) < 4.78 is 0. The van der Waals surface area contributed by atoms with Gasteiger partial charge in [0, 0.05) is 35.7 Å². The van der Waals surface area contributed by atoms with E-state index in [-0.39, 0.29) is 5.91 Å². The summed E-state index contributed by atoms with van der Waals surface area (Å²) in [7, 11) is 1.84. The molecule has 0 bridgehead atoms. The molecule has 0 N–H and O–H groups in total. The van der Waals surface area contributed by atoms with Crippen LogP contribution in [0, 0.1) is 6.92 Å². The molecular weight excluding hydrogens is 314 g/mol. The Kier molecular flexibility index (Phi) is 6.34. The van der Waals surface area contributed by atoms with Crippen molar-refractivity contribution in [1.29, 1.82) is 0 Å². The lowest BCUT2D eigenvalue weighted by Crippen LogP contribution is -2.26. The molecule has 2 aromatic rings. The van der Waals surface area contributed by atoms with E-state index >= 15 is 0 Å². The van der Waals surface area contributed by atoms with E-state index in [9.17, 15) is 4.79 Å². The first-order valence-corrected chi connectivity index (χ1v) is 8.59. The lowest BCUT2D eigenvalue weighted by atomic mass is 10.2. The van der Waals surface area contributed by atoms with E-state index in [1.54, 1.807) is 16.7 Å². The maximum Gasteiger partial charge on any atom is 0.223 e. The number of benzene rings is 2. The van der Waals surface area contributed by atoms with E-state index in [4.69, 9.17) is 11.6 Å². The van der Waals surface area contributed by atoms with Crippen LogP contribution >= 0.6 is 23.4 Å². The van der Waals surface area contributed by atoms with Gasteiger partial charge in [0.1, 0.15) is 0 Å². The molecule has 0 aromatic heterocycles. The van der Waals surface area contributed by atoms with Crippen LogP contribution in [0.1, 0.15) is 17.5 Å². The summed E-state index contributed by atoms with van der Waals surface area (Å²) in [5, 5.41) is 0.715.